The summed E-state index contributed by atoms with van der Waals surface area (Å²) >= 11 is 0. The number of methoxy groups -OCH3 is 1. The number of ether oxygens (including phenoxy) is 2. The highest BCUT2D eigenvalue weighted by Crippen LogP contribution is 2.22. The predicted molar refractivity (Wildman–Crippen MR) is 90.6 cm³/mol. The monoisotopic (exact) mass is 357 g/mol. The van der Waals surface area contributed by atoms with Gasteiger partial charge < -0.3 is 18.8 Å². The summed E-state index contributed by atoms with van der Waals surface area (Å²) in [4.78, 5) is 37.8. The van der Waals surface area contributed by atoms with Crippen molar-refractivity contribution in [1.29, 1.82) is 0 Å². The number of benzene rings is 1. The molecule has 1 atom stereocenters. The third-order valence-corrected chi connectivity index (χ3v) is 4.31. The van der Waals surface area contributed by atoms with Crippen molar-refractivity contribution in [3.05, 3.63) is 58.5 Å². The van der Waals surface area contributed by atoms with Gasteiger partial charge in [0.1, 0.15) is 17.1 Å². The molecule has 136 valence electrons. The van der Waals surface area contributed by atoms with Gasteiger partial charge in [0.05, 0.1) is 19.2 Å². The van der Waals surface area contributed by atoms with Gasteiger partial charge in [-0.1, -0.05) is 18.2 Å². The molecule has 0 bridgehead atoms. The van der Waals surface area contributed by atoms with Crippen LogP contribution in [0.3, 0.4) is 0 Å². The first-order chi connectivity index (χ1) is 12.4. The Bertz CT molecular complexity index is 869. The first-order valence-electron chi connectivity index (χ1n) is 8.12. The van der Waals surface area contributed by atoms with Gasteiger partial charge in [-0.25, -0.2) is 9.59 Å². The Kier molecular flexibility index (Phi) is 4.79. The van der Waals surface area contributed by atoms with Crippen molar-refractivity contribution in [3.8, 4) is 0 Å². The molecule has 2 aromatic rings. The zero-order valence-electron chi connectivity index (χ0n) is 14.8. The Labute approximate surface area is 150 Å². The molecule has 0 aliphatic carbocycles. The maximum Gasteiger partial charge on any atom is 0.341 e. The molecule has 2 heterocycles. The van der Waals surface area contributed by atoms with Crippen LogP contribution in [0.25, 0.3) is 0 Å². The fraction of sp³-hybridized carbons (Fsp3) is 0.316. The van der Waals surface area contributed by atoms with Crippen LogP contribution in [0.5, 0.6) is 0 Å². The summed E-state index contributed by atoms with van der Waals surface area (Å²) < 4.78 is 15.5. The van der Waals surface area contributed by atoms with Crippen molar-refractivity contribution < 1.29 is 28.3 Å². The van der Waals surface area contributed by atoms with Crippen LogP contribution in [0.1, 0.15) is 37.8 Å². The van der Waals surface area contributed by atoms with Crippen molar-refractivity contribution in [3.63, 3.8) is 0 Å². The molecular formula is C19H19NO6. The third-order valence-electron chi connectivity index (χ3n) is 4.31. The van der Waals surface area contributed by atoms with E-state index in [1.165, 1.54) is 12.0 Å². The van der Waals surface area contributed by atoms with Gasteiger partial charge >= 0.3 is 11.9 Å². The van der Waals surface area contributed by atoms with Crippen LogP contribution >= 0.6 is 0 Å². The fourth-order valence-electron chi connectivity index (χ4n) is 2.96. The number of furan rings is 1. The fourth-order valence-corrected chi connectivity index (χ4v) is 2.96. The zero-order chi connectivity index (χ0) is 18.8. The average molecular weight is 357 g/mol. The maximum atomic E-state index is 12.7. The molecule has 0 unspecified atom stereocenters. The van der Waals surface area contributed by atoms with Crippen LogP contribution in [0, 0.1) is 6.92 Å². The smallest absolute Gasteiger partial charge is 0.341 e. The third kappa shape index (κ3) is 3.33. The van der Waals surface area contributed by atoms with E-state index in [0.29, 0.717) is 29.1 Å². The molecule has 1 amide bonds. The molecule has 26 heavy (non-hydrogen) atoms. The number of hydrogen-bond donors (Lipinski definition) is 0. The lowest BCUT2D eigenvalue weighted by Gasteiger charge is -2.27. The quantitative estimate of drug-likeness (QED) is 0.779. The maximum absolute atomic E-state index is 12.7. The van der Waals surface area contributed by atoms with Crippen molar-refractivity contribution in [2.75, 3.05) is 14.2 Å². The number of likely N-dealkylation sites (N-methyl/N-ethyl adjacent to an activating group) is 1. The largest absolute Gasteiger partial charge is 0.465 e. The number of cyclic esters (lactones) is 1. The van der Waals surface area contributed by atoms with Gasteiger partial charge in [-0.05, 0) is 24.6 Å². The van der Waals surface area contributed by atoms with Crippen molar-refractivity contribution in [2.24, 2.45) is 0 Å². The van der Waals surface area contributed by atoms with Gasteiger partial charge in [0, 0.05) is 13.5 Å². The minimum absolute atomic E-state index is 0.145. The van der Waals surface area contributed by atoms with Gasteiger partial charge in [-0.2, -0.15) is 0 Å². The summed E-state index contributed by atoms with van der Waals surface area (Å²) in [5.74, 6) is -0.460. The molecule has 0 fully saturated rings. The van der Waals surface area contributed by atoms with Crippen LogP contribution in [-0.4, -0.2) is 43.0 Å². The second-order valence-corrected chi connectivity index (χ2v) is 6.12. The summed E-state index contributed by atoms with van der Waals surface area (Å²) in [6, 6.07) is 8.62. The molecule has 1 aromatic carbocycles. The molecule has 0 saturated heterocycles. The Morgan fingerprint density at radius 2 is 2.04 bits per heavy atom. The molecule has 0 radical (unpaired) electrons. The molecule has 3 rings (SSSR count). The minimum Gasteiger partial charge on any atom is -0.465 e. The highest BCUT2D eigenvalue weighted by atomic mass is 16.5. The van der Waals surface area contributed by atoms with Crippen LogP contribution < -0.4 is 0 Å². The zero-order valence-corrected chi connectivity index (χ0v) is 14.8. The van der Waals surface area contributed by atoms with Gasteiger partial charge in [-0.3, -0.25) is 4.79 Å². The molecule has 1 aliphatic heterocycles. The van der Waals surface area contributed by atoms with Gasteiger partial charge in [0.15, 0.2) is 6.10 Å². The molecule has 7 nitrogen and oxygen atoms in total. The van der Waals surface area contributed by atoms with Gasteiger partial charge in [0.25, 0.3) is 5.91 Å². The second-order valence-electron chi connectivity index (χ2n) is 6.12. The first kappa shape index (κ1) is 17.7. The SMILES string of the molecule is COC(=O)c1cc(CN(C)C(=O)[C@@H]2Cc3ccccc3C(=O)O2)oc1C. The number of carbonyl (C=O) groups excluding carboxylic acids is 3. The van der Waals surface area contributed by atoms with E-state index in [0.717, 1.165) is 5.56 Å². The number of carbonyl (C=O) groups is 3. The number of amides is 1. The van der Waals surface area contributed by atoms with E-state index < -0.39 is 18.0 Å². The molecule has 0 saturated carbocycles. The molecular weight excluding hydrogens is 338 g/mol. The Morgan fingerprint density at radius 3 is 2.77 bits per heavy atom. The van der Waals surface area contributed by atoms with Crippen LogP contribution in [0.2, 0.25) is 0 Å². The number of aryl methyl sites for hydroxylation is 1. The van der Waals surface area contributed by atoms with Crippen molar-refractivity contribution in [1.82, 2.24) is 4.90 Å². The normalized spacial score (nSPS) is 15.8. The molecule has 0 spiro atoms. The van der Waals surface area contributed by atoms with Crippen molar-refractivity contribution >= 4 is 17.8 Å². The molecule has 1 aromatic heterocycles. The van der Waals surface area contributed by atoms with E-state index in [1.807, 2.05) is 12.1 Å². The standard InChI is InChI=1S/C19H19NO6/c1-11-15(18(22)24-3)9-13(25-11)10-20(2)17(21)16-8-12-6-4-5-7-14(12)19(23)26-16/h4-7,9,16H,8,10H2,1-3H3/t16-/m0/s1. The predicted octanol–water partition coefficient (Wildman–Crippen LogP) is 2.11. The van der Waals surface area contributed by atoms with Crippen molar-refractivity contribution in [2.45, 2.75) is 26.0 Å². The topological polar surface area (TPSA) is 86.0 Å². The van der Waals surface area contributed by atoms with E-state index in [-0.39, 0.29) is 12.5 Å². The summed E-state index contributed by atoms with van der Waals surface area (Å²) in [7, 11) is 2.88. The summed E-state index contributed by atoms with van der Waals surface area (Å²) in [5, 5.41) is 0. The average Bonchev–Trinajstić information content (AvgIpc) is 3.00. The number of rotatable bonds is 4. The number of nitrogens with zero attached hydrogens (tertiary/aromatic N) is 1. The lowest BCUT2D eigenvalue weighted by molar-refractivity contribution is -0.140. The number of hydrogen-bond acceptors (Lipinski definition) is 6. The van der Waals surface area contributed by atoms with E-state index >= 15 is 0 Å². The highest BCUT2D eigenvalue weighted by Gasteiger charge is 2.33. The van der Waals surface area contributed by atoms with Gasteiger partial charge in [-0.15, -0.1) is 0 Å². The highest BCUT2D eigenvalue weighted by molar-refractivity contribution is 5.95. The Balaban J connectivity index is 1.71. The number of esters is 2. The number of fused-ring (bicyclic) bond motifs is 1. The van der Waals surface area contributed by atoms with Crippen LogP contribution in [0.15, 0.2) is 34.7 Å². The molecule has 0 N–H and O–H groups in total. The Hall–Kier alpha value is -3.09. The van der Waals surface area contributed by atoms with E-state index in [4.69, 9.17) is 9.15 Å². The summed E-state index contributed by atoms with van der Waals surface area (Å²) in [5.41, 5.74) is 1.60. The van der Waals surface area contributed by atoms with E-state index in [2.05, 4.69) is 4.74 Å². The summed E-state index contributed by atoms with van der Waals surface area (Å²) in [6.07, 6.45) is -0.547. The van der Waals surface area contributed by atoms with Crippen LogP contribution in [0.4, 0.5) is 0 Å². The lowest BCUT2D eigenvalue weighted by Crippen LogP contribution is -2.42. The molecule has 1 aliphatic rings. The summed E-state index contributed by atoms with van der Waals surface area (Å²) in [6.45, 7) is 1.80. The second kappa shape index (κ2) is 7.03. The molecule has 7 heteroatoms. The lowest BCUT2D eigenvalue weighted by atomic mass is 9.98. The van der Waals surface area contributed by atoms with Gasteiger partial charge in [0.2, 0.25) is 0 Å². The minimum atomic E-state index is -0.876. The van der Waals surface area contributed by atoms with E-state index in [9.17, 15) is 14.4 Å². The first-order valence-corrected chi connectivity index (χ1v) is 8.12. The Morgan fingerprint density at radius 1 is 1.31 bits per heavy atom. The van der Waals surface area contributed by atoms with Crippen LogP contribution in [-0.2, 0) is 27.2 Å². The van der Waals surface area contributed by atoms with E-state index in [1.54, 1.807) is 32.2 Å².